The van der Waals surface area contributed by atoms with E-state index >= 15 is 0 Å². The Morgan fingerprint density at radius 2 is 1.05 bits per heavy atom. The van der Waals surface area contributed by atoms with E-state index in [1.54, 1.807) is 19.6 Å². The lowest BCUT2D eigenvalue weighted by molar-refractivity contribution is -0.140. The van der Waals surface area contributed by atoms with E-state index in [1.165, 1.54) is 0 Å². The second kappa shape index (κ2) is 25.3. The molecule has 1 saturated heterocycles. The van der Waals surface area contributed by atoms with Crippen molar-refractivity contribution in [3.8, 4) is 11.1 Å². The lowest BCUT2D eigenvalue weighted by Gasteiger charge is -2.33. The van der Waals surface area contributed by atoms with Crippen molar-refractivity contribution in [2.75, 3.05) is 91.6 Å². The van der Waals surface area contributed by atoms with Crippen LogP contribution in [0.5, 0.6) is 0 Å². The lowest BCUT2D eigenvalue weighted by Crippen LogP contribution is -2.53. The molecule has 3 rings (SSSR count). The van der Waals surface area contributed by atoms with E-state index in [4.69, 9.17) is 5.73 Å². The quantitative estimate of drug-likeness (QED) is 0.0824. The van der Waals surface area contributed by atoms with Crippen LogP contribution in [0.15, 0.2) is 54.6 Å². The van der Waals surface area contributed by atoms with Gasteiger partial charge in [0.2, 0.25) is 17.7 Å². The van der Waals surface area contributed by atoms with Crippen molar-refractivity contribution < 1.29 is 44.1 Å². The predicted octanol–water partition coefficient (Wildman–Crippen LogP) is -0.00370. The molecule has 2 aromatic rings. The molecule has 0 unspecified atom stereocenters. The Kier molecular flexibility index (Phi) is 20.6. The number of nitrogens with one attached hydrogen (secondary N) is 3. The molecule has 1 heterocycles. The summed E-state index contributed by atoms with van der Waals surface area (Å²) in [7, 11) is 0. The van der Waals surface area contributed by atoms with Crippen LogP contribution in [0.4, 0.5) is 0 Å². The fourth-order valence-electron chi connectivity index (χ4n) is 6.44. The van der Waals surface area contributed by atoms with Crippen LogP contribution in [0.2, 0.25) is 0 Å². The second-order valence-electron chi connectivity index (χ2n) is 14.4. The molecule has 8 N–H and O–H groups in total. The van der Waals surface area contributed by atoms with E-state index in [9.17, 15) is 44.1 Å². The fraction of sp³-hybridized carbons (Fsp3) is 0.550. The summed E-state index contributed by atoms with van der Waals surface area (Å²) in [5, 5.41) is 37.1. The highest BCUT2D eigenvalue weighted by molar-refractivity contribution is 5.88. The number of hydrogen-bond acceptors (Lipinski definition) is 11. The van der Waals surface area contributed by atoms with Gasteiger partial charge in [-0.2, -0.15) is 0 Å². The fourth-order valence-corrected chi connectivity index (χ4v) is 6.44. The third-order valence-electron chi connectivity index (χ3n) is 9.68. The third-order valence-corrected chi connectivity index (χ3v) is 9.68. The first-order valence-electron chi connectivity index (χ1n) is 19.6. The van der Waals surface area contributed by atoms with Gasteiger partial charge in [-0.1, -0.05) is 67.9 Å². The molecule has 0 bridgehead atoms. The topological polar surface area (TPSA) is 238 Å². The number of amides is 3. The number of unbranched alkanes of at least 4 members (excludes halogenated alkanes) is 1. The summed E-state index contributed by atoms with van der Waals surface area (Å²) in [4.78, 5) is 81.3. The van der Waals surface area contributed by atoms with E-state index in [1.807, 2.05) is 61.5 Å². The number of carboxylic acid groups (broad SMARTS) is 3. The summed E-state index contributed by atoms with van der Waals surface area (Å²) < 4.78 is 0. The molecule has 1 aliphatic rings. The molecule has 314 valence electrons. The molecule has 57 heavy (non-hydrogen) atoms. The van der Waals surface area contributed by atoms with Crippen LogP contribution in [-0.2, 0) is 35.2 Å². The summed E-state index contributed by atoms with van der Waals surface area (Å²) in [6.45, 7) is 3.83. The van der Waals surface area contributed by atoms with Crippen LogP contribution < -0.4 is 21.7 Å². The molecule has 1 fully saturated rings. The molecule has 1 aliphatic heterocycles. The van der Waals surface area contributed by atoms with Gasteiger partial charge >= 0.3 is 17.9 Å². The van der Waals surface area contributed by atoms with Crippen molar-refractivity contribution in [1.29, 1.82) is 0 Å². The van der Waals surface area contributed by atoms with E-state index in [0.717, 1.165) is 29.5 Å². The summed E-state index contributed by atoms with van der Waals surface area (Å²) >= 11 is 0. The molecule has 17 nitrogen and oxygen atoms in total. The van der Waals surface area contributed by atoms with Crippen molar-refractivity contribution in [2.24, 2.45) is 5.73 Å². The zero-order valence-electron chi connectivity index (χ0n) is 32.9. The molecule has 0 aromatic heterocycles. The first-order chi connectivity index (χ1) is 27.3. The summed E-state index contributed by atoms with van der Waals surface area (Å²) in [5.41, 5.74) is 8.91. The molecule has 0 radical (unpaired) electrons. The maximum atomic E-state index is 13.7. The SMILES string of the molecule is CCCCNC(=O)[C@H](N)CCCNC(=O)[C@@H](Cc1ccc(-c2ccccc2)cc1)NC(=O)CN1CCN(CC(=O)O)CCN(CC(=O)O)CCN(CC(=O)O)CC1. The first-order valence-corrected chi connectivity index (χ1v) is 19.6. The Balaban J connectivity index is 1.74. The highest BCUT2D eigenvalue weighted by Gasteiger charge is 2.25. The van der Waals surface area contributed by atoms with Gasteiger partial charge in [0.05, 0.1) is 32.2 Å². The highest BCUT2D eigenvalue weighted by Crippen LogP contribution is 2.20. The number of rotatable bonds is 21. The number of nitrogens with two attached hydrogens (primary N) is 1. The number of nitrogens with zero attached hydrogens (tertiary/aromatic N) is 4. The number of carbonyl (C=O) groups is 6. The van der Waals surface area contributed by atoms with Crippen molar-refractivity contribution >= 4 is 35.6 Å². The van der Waals surface area contributed by atoms with Gasteiger partial charge in [-0.25, -0.2) is 0 Å². The molecule has 2 atom stereocenters. The smallest absolute Gasteiger partial charge is 0.317 e. The van der Waals surface area contributed by atoms with E-state index < -0.39 is 41.8 Å². The highest BCUT2D eigenvalue weighted by atomic mass is 16.4. The van der Waals surface area contributed by atoms with Gasteiger partial charge in [0, 0.05) is 71.9 Å². The van der Waals surface area contributed by atoms with E-state index in [-0.39, 0.29) is 97.4 Å². The monoisotopic (exact) mass is 796 g/mol. The molecule has 0 saturated carbocycles. The average molecular weight is 797 g/mol. The predicted molar refractivity (Wildman–Crippen MR) is 214 cm³/mol. The average Bonchev–Trinajstić information content (AvgIpc) is 3.17. The van der Waals surface area contributed by atoms with Crippen LogP contribution in [0.3, 0.4) is 0 Å². The van der Waals surface area contributed by atoms with Crippen molar-refractivity contribution in [3.63, 3.8) is 0 Å². The Labute approximate surface area is 334 Å². The molecule has 0 spiro atoms. The lowest BCUT2D eigenvalue weighted by atomic mass is 10.00. The number of benzene rings is 2. The van der Waals surface area contributed by atoms with Gasteiger partial charge < -0.3 is 37.0 Å². The van der Waals surface area contributed by atoms with Gasteiger partial charge in [0.1, 0.15) is 6.04 Å². The second-order valence-corrected chi connectivity index (χ2v) is 14.4. The standard InChI is InChI=1S/C40H60N8O9/c1-2-3-15-42-39(56)33(41)10-7-16-43-40(57)34(25-30-11-13-32(14-12-30)31-8-5-4-6-9-31)44-35(49)26-45-17-19-46(27-36(50)51)21-23-48(29-38(54)55)24-22-47(20-18-45)28-37(52)53/h4-6,8-9,11-14,33-34H,2-3,7,10,15-29,41H2,1H3,(H,42,56)(H,43,57)(H,44,49)(H,50,51)(H,52,53)(H,54,55)/t33-,34-/m1/s1. The molecule has 0 aliphatic carbocycles. The number of hydrogen-bond donors (Lipinski definition) is 7. The molecule has 17 heteroatoms. The summed E-state index contributed by atoms with van der Waals surface area (Å²) in [6.07, 6.45) is 2.80. The number of carboxylic acids is 3. The van der Waals surface area contributed by atoms with Crippen LogP contribution in [0.1, 0.15) is 38.2 Å². The third kappa shape index (κ3) is 18.7. The van der Waals surface area contributed by atoms with Gasteiger partial charge in [0.15, 0.2) is 0 Å². The maximum absolute atomic E-state index is 13.7. The Morgan fingerprint density at radius 1 is 0.614 bits per heavy atom. The Hall–Kier alpha value is -4.94. The minimum atomic E-state index is -1.05. The van der Waals surface area contributed by atoms with Gasteiger partial charge in [-0.05, 0) is 36.0 Å². The molecular formula is C40H60N8O9. The van der Waals surface area contributed by atoms with Crippen LogP contribution in [-0.4, -0.2) is 174 Å². The van der Waals surface area contributed by atoms with E-state index in [2.05, 4.69) is 16.0 Å². The Morgan fingerprint density at radius 3 is 1.53 bits per heavy atom. The van der Waals surface area contributed by atoms with Crippen molar-refractivity contribution in [2.45, 2.75) is 51.1 Å². The summed E-state index contributed by atoms with van der Waals surface area (Å²) in [6, 6.07) is 15.9. The molecule has 3 amide bonds. The zero-order chi connectivity index (χ0) is 41.6. The van der Waals surface area contributed by atoms with Gasteiger partial charge in [-0.3, -0.25) is 48.4 Å². The van der Waals surface area contributed by atoms with E-state index in [0.29, 0.717) is 19.4 Å². The zero-order valence-corrected chi connectivity index (χ0v) is 32.9. The number of aliphatic carboxylic acids is 3. The van der Waals surface area contributed by atoms with Crippen molar-refractivity contribution in [1.82, 2.24) is 35.6 Å². The van der Waals surface area contributed by atoms with Crippen LogP contribution in [0.25, 0.3) is 11.1 Å². The van der Waals surface area contributed by atoms with Gasteiger partial charge in [0.25, 0.3) is 0 Å². The molecule has 2 aromatic carbocycles. The first kappa shape index (κ1) is 46.4. The summed E-state index contributed by atoms with van der Waals surface area (Å²) in [5.74, 6) is -4.24. The number of carbonyl (C=O) groups excluding carboxylic acids is 3. The minimum Gasteiger partial charge on any atom is -0.480 e. The van der Waals surface area contributed by atoms with Gasteiger partial charge in [-0.15, -0.1) is 0 Å². The normalized spacial score (nSPS) is 16.3. The van der Waals surface area contributed by atoms with Crippen LogP contribution in [0, 0.1) is 0 Å². The minimum absolute atomic E-state index is 0.147. The van der Waals surface area contributed by atoms with Crippen LogP contribution >= 0.6 is 0 Å². The Bertz CT molecular complexity index is 1550. The van der Waals surface area contributed by atoms with Crippen molar-refractivity contribution in [3.05, 3.63) is 60.2 Å². The largest absolute Gasteiger partial charge is 0.480 e. The molecular weight excluding hydrogens is 736 g/mol. The maximum Gasteiger partial charge on any atom is 0.317 e.